The molecule has 6 heteroatoms. The van der Waals surface area contributed by atoms with Crippen LogP contribution in [-0.2, 0) is 10.0 Å². The molecule has 0 aromatic heterocycles. The lowest BCUT2D eigenvalue weighted by Crippen LogP contribution is -2.12. The van der Waals surface area contributed by atoms with Gasteiger partial charge in [-0.05, 0) is 18.2 Å². The van der Waals surface area contributed by atoms with E-state index in [1.165, 1.54) is 18.2 Å². The van der Waals surface area contributed by atoms with E-state index in [0.29, 0.717) is 0 Å². The fourth-order valence-corrected chi connectivity index (χ4v) is 1.89. The number of primary sulfonamides is 1. The molecule has 0 amide bonds. The third kappa shape index (κ3) is 2.18. The van der Waals surface area contributed by atoms with Crippen LogP contribution < -0.4 is 5.14 Å². The third-order valence-corrected chi connectivity index (χ3v) is 2.76. The molecule has 0 spiro atoms. The average Bonchev–Trinajstić information content (AvgIpc) is 2.01. The minimum Gasteiger partial charge on any atom is -0.225 e. The van der Waals surface area contributed by atoms with Gasteiger partial charge in [-0.25, -0.2) is 13.6 Å². The molecule has 0 bridgehead atoms. The first-order valence-corrected chi connectivity index (χ1v) is 5.10. The van der Waals surface area contributed by atoms with Gasteiger partial charge < -0.3 is 0 Å². The summed E-state index contributed by atoms with van der Waals surface area (Å²) in [6.07, 6.45) is 0. The first-order valence-electron chi connectivity index (χ1n) is 3.17. The number of halogens is 1. The van der Waals surface area contributed by atoms with Crippen LogP contribution in [-0.4, -0.2) is 8.42 Å². The van der Waals surface area contributed by atoms with E-state index in [1.807, 2.05) is 6.07 Å². The van der Waals surface area contributed by atoms with Gasteiger partial charge in [-0.3, -0.25) is 0 Å². The molecule has 4 nitrogen and oxygen atoms in total. The normalized spacial score (nSPS) is 10.8. The number of rotatable bonds is 1. The molecule has 1 rings (SSSR count). The highest BCUT2D eigenvalue weighted by molar-refractivity contribution is 7.89. The van der Waals surface area contributed by atoms with Crippen LogP contribution in [0, 0.1) is 11.3 Å². The zero-order valence-corrected chi connectivity index (χ0v) is 7.93. The Kier molecular flexibility index (Phi) is 2.57. The van der Waals surface area contributed by atoms with Crippen molar-refractivity contribution in [2.45, 2.75) is 4.90 Å². The zero-order valence-electron chi connectivity index (χ0n) is 6.36. The van der Waals surface area contributed by atoms with E-state index in [9.17, 15) is 8.42 Å². The molecule has 0 saturated carbocycles. The quantitative estimate of drug-likeness (QED) is 0.756. The molecule has 0 aliphatic heterocycles. The van der Waals surface area contributed by atoms with Crippen LogP contribution in [0.5, 0.6) is 0 Å². The number of hydrogen-bond acceptors (Lipinski definition) is 3. The Morgan fingerprint density at radius 3 is 2.46 bits per heavy atom. The Hall–Kier alpha value is -1.09. The largest absolute Gasteiger partial charge is 0.239 e. The van der Waals surface area contributed by atoms with Crippen molar-refractivity contribution < 1.29 is 8.42 Å². The smallest absolute Gasteiger partial charge is 0.225 e. The number of nitrogens with two attached hydrogens (primary N) is 1. The first kappa shape index (κ1) is 9.99. The molecule has 2 N–H and O–H groups in total. The second-order valence-corrected chi connectivity index (χ2v) is 4.24. The molecule has 1 aromatic carbocycles. The minimum atomic E-state index is -3.80. The van der Waals surface area contributed by atoms with Crippen LogP contribution in [0.1, 0.15) is 5.56 Å². The predicted octanol–water partition coefficient (Wildman–Crippen LogP) is 0.859. The Bertz CT molecular complexity index is 476. The minimum absolute atomic E-state index is 0.0402. The summed E-state index contributed by atoms with van der Waals surface area (Å²) < 4.78 is 21.7. The summed E-state index contributed by atoms with van der Waals surface area (Å²) in [5, 5.41) is 13.3. The average molecular weight is 217 g/mol. The third-order valence-electron chi connectivity index (χ3n) is 1.37. The van der Waals surface area contributed by atoms with Gasteiger partial charge in [0.2, 0.25) is 10.0 Å². The van der Waals surface area contributed by atoms with Gasteiger partial charge in [-0.2, -0.15) is 5.26 Å². The summed E-state index contributed by atoms with van der Waals surface area (Å²) >= 11 is 5.58. The van der Waals surface area contributed by atoms with Gasteiger partial charge in [0.1, 0.15) is 4.90 Å². The fraction of sp³-hybridized carbons (Fsp3) is 0. The SMILES string of the molecule is N#Cc1ccc(S(N)(=O)=O)c(Cl)c1. The Balaban J connectivity index is 3.40. The van der Waals surface area contributed by atoms with Crippen LogP contribution in [0.15, 0.2) is 23.1 Å². The number of hydrogen-bond donors (Lipinski definition) is 1. The Morgan fingerprint density at radius 1 is 1.46 bits per heavy atom. The molecule has 0 saturated heterocycles. The number of benzene rings is 1. The van der Waals surface area contributed by atoms with Crippen molar-refractivity contribution in [2.24, 2.45) is 5.14 Å². The number of nitrogens with zero attached hydrogens (tertiary/aromatic N) is 1. The maximum absolute atomic E-state index is 10.9. The lowest BCUT2D eigenvalue weighted by atomic mass is 10.2. The standard InChI is InChI=1S/C7H5ClN2O2S/c8-6-3-5(4-9)1-2-7(6)13(10,11)12/h1-3H,(H2,10,11,12). The van der Waals surface area contributed by atoms with E-state index in [0.717, 1.165) is 0 Å². The molecule has 1 aromatic rings. The van der Waals surface area contributed by atoms with Crippen LogP contribution >= 0.6 is 11.6 Å². The predicted molar refractivity (Wildman–Crippen MR) is 47.5 cm³/mol. The maximum Gasteiger partial charge on any atom is 0.239 e. The summed E-state index contributed by atoms with van der Waals surface area (Å²) in [5.74, 6) is 0. The zero-order chi connectivity index (χ0) is 10.1. The van der Waals surface area contributed by atoms with Crippen molar-refractivity contribution in [1.82, 2.24) is 0 Å². The van der Waals surface area contributed by atoms with Crippen molar-refractivity contribution >= 4 is 21.6 Å². The van der Waals surface area contributed by atoms with E-state index in [-0.39, 0.29) is 15.5 Å². The molecule has 0 unspecified atom stereocenters. The fourth-order valence-electron chi connectivity index (χ4n) is 0.801. The summed E-state index contributed by atoms with van der Waals surface area (Å²) in [6, 6.07) is 5.62. The molecule has 0 atom stereocenters. The van der Waals surface area contributed by atoms with Crippen molar-refractivity contribution in [1.29, 1.82) is 5.26 Å². The molecule has 68 valence electrons. The number of nitriles is 1. The molecular formula is C7H5ClN2O2S. The molecule has 0 fully saturated rings. The molecule has 0 aliphatic carbocycles. The molecule has 13 heavy (non-hydrogen) atoms. The Morgan fingerprint density at radius 2 is 2.08 bits per heavy atom. The van der Waals surface area contributed by atoms with Gasteiger partial charge in [-0.15, -0.1) is 0 Å². The first-order chi connectivity index (χ1) is 5.95. The maximum atomic E-state index is 10.9. The second kappa shape index (κ2) is 3.34. The highest BCUT2D eigenvalue weighted by Gasteiger charge is 2.12. The second-order valence-electron chi connectivity index (χ2n) is 2.30. The summed E-state index contributed by atoms with van der Waals surface area (Å²) in [6.45, 7) is 0. The lowest BCUT2D eigenvalue weighted by molar-refractivity contribution is 0.598. The van der Waals surface area contributed by atoms with E-state index < -0.39 is 10.0 Å². The monoisotopic (exact) mass is 216 g/mol. The molecule has 0 radical (unpaired) electrons. The summed E-state index contributed by atoms with van der Waals surface area (Å²) in [5.41, 5.74) is 0.289. The van der Waals surface area contributed by atoms with E-state index in [2.05, 4.69) is 0 Å². The number of sulfonamides is 1. The van der Waals surface area contributed by atoms with Gasteiger partial charge in [0.05, 0.1) is 16.7 Å². The molecule has 0 heterocycles. The van der Waals surface area contributed by atoms with Crippen molar-refractivity contribution in [3.05, 3.63) is 28.8 Å². The van der Waals surface area contributed by atoms with Gasteiger partial charge in [0, 0.05) is 0 Å². The molecular weight excluding hydrogens is 212 g/mol. The Labute approximate surface area is 80.6 Å². The van der Waals surface area contributed by atoms with Crippen molar-refractivity contribution in [3.63, 3.8) is 0 Å². The van der Waals surface area contributed by atoms with Crippen LogP contribution in [0.2, 0.25) is 5.02 Å². The highest BCUT2D eigenvalue weighted by Crippen LogP contribution is 2.20. The van der Waals surface area contributed by atoms with Crippen molar-refractivity contribution in [2.75, 3.05) is 0 Å². The van der Waals surface area contributed by atoms with Crippen LogP contribution in [0.4, 0.5) is 0 Å². The summed E-state index contributed by atoms with van der Waals surface area (Å²) in [4.78, 5) is -0.173. The van der Waals surface area contributed by atoms with Crippen LogP contribution in [0.3, 0.4) is 0 Å². The van der Waals surface area contributed by atoms with Gasteiger partial charge in [0.25, 0.3) is 0 Å². The summed E-state index contributed by atoms with van der Waals surface area (Å²) in [7, 11) is -3.80. The van der Waals surface area contributed by atoms with Gasteiger partial charge in [-0.1, -0.05) is 11.6 Å². The highest BCUT2D eigenvalue weighted by atomic mass is 35.5. The van der Waals surface area contributed by atoms with Crippen molar-refractivity contribution in [3.8, 4) is 6.07 Å². The molecule has 0 aliphatic rings. The topological polar surface area (TPSA) is 83.9 Å². The van der Waals surface area contributed by atoms with Gasteiger partial charge in [0.15, 0.2) is 0 Å². The van der Waals surface area contributed by atoms with E-state index in [4.69, 9.17) is 22.0 Å². The van der Waals surface area contributed by atoms with Crippen LogP contribution in [0.25, 0.3) is 0 Å². The van der Waals surface area contributed by atoms with E-state index >= 15 is 0 Å². The lowest BCUT2D eigenvalue weighted by Gasteiger charge is -2.00. The van der Waals surface area contributed by atoms with E-state index in [1.54, 1.807) is 0 Å². The van der Waals surface area contributed by atoms with Gasteiger partial charge >= 0.3 is 0 Å².